The molecular weight excluding hydrogens is 288 g/mol. The third-order valence-corrected chi connectivity index (χ3v) is 3.31. The van der Waals surface area contributed by atoms with Crippen LogP contribution in [0.1, 0.15) is 38.8 Å². The molecule has 0 saturated carbocycles. The van der Waals surface area contributed by atoms with Gasteiger partial charge < -0.3 is 14.9 Å². The lowest BCUT2D eigenvalue weighted by atomic mass is 9.98. The quantitative estimate of drug-likeness (QED) is 0.844. The molecule has 0 fully saturated rings. The highest BCUT2D eigenvalue weighted by atomic mass is 16.5. The van der Waals surface area contributed by atoms with Crippen LogP contribution < -0.4 is 4.74 Å². The summed E-state index contributed by atoms with van der Waals surface area (Å²) in [5.74, 6) is 1.49. The molecule has 0 atom stereocenters. The Morgan fingerprint density at radius 1 is 0.739 bits per heavy atom. The van der Waals surface area contributed by atoms with Gasteiger partial charge in [-0.3, -0.25) is 0 Å². The Balaban J connectivity index is 2.13. The molecule has 0 aromatic heterocycles. The summed E-state index contributed by atoms with van der Waals surface area (Å²) in [6.07, 6.45) is 1.14. The molecule has 23 heavy (non-hydrogen) atoms. The first-order valence-electron chi connectivity index (χ1n) is 7.91. The summed E-state index contributed by atoms with van der Waals surface area (Å²) in [7, 11) is 0. The maximum atomic E-state index is 9.93. The summed E-state index contributed by atoms with van der Waals surface area (Å²) in [5.41, 5.74) is 0.571. The number of aliphatic hydroxyl groups is 2. The highest BCUT2D eigenvalue weighted by Crippen LogP contribution is 2.25. The highest BCUT2D eigenvalue weighted by Gasteiger charge is 2.15. The lowest BCUT2D eigenvalue weighted by Gasteiger charge is -2.18. The average Bonchev–Trinajstić information content (AvgIpc) is 2.35. The monoisotopic (exact) mass is 314 g/mol. The summed E-state index contributed by atoms with van der Waals surface area (Å²) >= 11 is 0. The Bertz CT molecular complexity index is 591. The van der Waals surface area contributed by atoms with E-state index in [2.05, 4.69) is 0 Å². The van der Waals surface area contributed by atoms with E-state index in [1.165, 1.54) is 0 Å². The molecule has 0 unspecified atom stereocenters. The van der Waals surface area contributed by atoms with E-state index in [4.69, 9.17) is 4.74 Å². The standard InChI is InChI=1S/C20H26O3/c1-19(2,21)13-15-7-5-9-17(11-15)23-18-10-6-8-16(12-18)14-20(3,4)22/h5-12,21-22H,13-14H2,1-4H3. The van der Waals surface area contributed by atoms with Crippen LogP contribution in [0.5, 0.6) is 11.5 Å². The Labute approximate surface area is 138 Å². The molecule has 0 aliphatic heterocycles. The normalized spacial score (nSPS) is 12.3. The molecule has 0 saturated heterocycles. The second-order valence-electron chi connectivity index (χ2n) is 7.38. The summed E-state index contributed by atoms with van der Waals surface area (Å²) in [5, 5.41) is 19.9. The van der Waals surface area contributed by atoms with E-state index in [9.17, 15) is 10.2 Å². The van der Waals surface area contributed by atoms with Gasteiger partial charge in [0.2, 0.25) is 0 Å². The van der Waals surface area contributed by atoms with Crippen molar-refractivity contribution in [1.29, 1.82) is 0 Å². The summed E-state index contributed by atoms with van der Waals surface area (Å²) < 4.78 is 5.93. The predicted molar refractivity (Wildman–Crippen MR) is 93.0 cm³/mol. The van der Waals surface area contributed by atoms with Crippen LogP contribution >= 0.6 is 0 Å². The van der Waals surface area contributed by atoms with Crippen molar-refractivity contribution in [3.63, 3.8) is 0 Å². The van der Waals surface area contributed by atoms with Gasteiger partial charge in [0.05, 0.1) is 11.2 Å². The van der Waals surface area contributed by atoms with Crippen LogP contribution in [0, 0.1) is 0 Å². The van der Waals surface area contributed by atoms with E-state index in [-0.39, 0.29) is 0 Å². The van der Waals surface area contributed by atoms with Crippen molar-refractivity contribution in [1.82, 2.24) is 0 Å². The highest BCUT2D eigenvalue weighted by molar-refractivity contribution is 5.36. The Hall–Kier alpha value is -1.84. The zero-order chi connectivity index (χ0) is 17.1. The van der Waals surface area contributed by atoms with Crippen molar-refractivity contribution >= 4 is 0 Å². The van der Waals surface area contributed by atoms with Gasteiger partial charge >= 0.3 is 0 Å². The minimum absolute atomic E-state index is 0.572. The van der Waals surface area contributed by atoms with Crippen molar-refractivity contribution in [2.45, 2.75) is 51.7 Å². The SMILES string of the molecule is CC(C)(O)Cc1cccc(Oc2cccc(CC(C)(C)O)c2)c1. The Morgan fingerprint density at radius 3 is 1.48 bits per heavy atom. The van der Waals surface area contributed by atoms with Crippen LogP contribution in [0.15, 0.2) is 48.5 Å². The third kappa shape index (κ3) is 6.43. The Kier molecular flexibility index (Phi) is 5.12. The van der Waals surface area contributed by atoms with Crippen LogP contribution in [0.3, 0.4) is 0 Å². The zero-order valence-corrected chi connectivity index (χ0v) is 14.3. The molecule has 3 nitrogen and oxygen atoms in total. The molecule has 0 aliphatic carbocycles. The number of benzene rings is 2. The van der Waals surface area contributed by atoms with E-state index in [1.54, 1.807) is 27.7 Å². The van der Waals surface area contributed by atoms with Crippen LogP contribution in [0.4, 0.5) is 0 Å². The largest absolute Gasteiger partial charge is 0.457 e. The van der Waals surface area contributed by atoms with Crippen LogP contribution in [0.25, 0.3) is 0 Å². The van der Waals surface area contributed by atoms with Gasteiger partial charge in [-0.25, -0.2) is 0 Å². The second kappa shape index (κ2) is 6.73. The lowest BCUT2D eigenvalue weighted by molar-refractivity contribution is 0.0803. The molecule has 124 valence electrons. The molecule has 3 heteroatoms. The molecule has 2 aromatic carbocycles. The number of ether oxygens (including phenoxy) is 1. The predicted octanol–water partition coefficient (Wildman–Crippen LogP) is 4.11. The fraction of sp³-hybridized carbons (Fsp3) is 0.400. The number of rotatable bonds is 6. The molecule has 2 aromatic rings. The number of hydrogen-bond donors (Lipinski definition) is 2. The zero-order valence-electron chi connectivity index (χ0n) is 14.3. The molecule has 0 heterocycles. The molecular formula is C20H26O3. The van der Waals surface area contributed by atoms with Crippen molar-refractivity contribution in [3.05, 3.63) is 59.7 Å². The molecule has 2 N–H and O–H groups in total. The van der Waals surface area contributed by atoms with Crippen LogP contribution in [-0.2, 0) is 12.8 Å². The van der Waals surface area contributed by atoms with Gasteiger partial charge in [0.1, 0.15) is 11.5 Å². The fourth-order valence-electron chi connectivity index (χ4n) is 2.57. The van der Waals surface area contributed by atoms with E-state index in [0.717, 1.165) is 22.6 Å². The minimum Gasteiger partial charge on any atom is -0.457 e. The average molecular weight is 314 g/mol. The molecule has 0 spiro atoms. The van der Waals surface area contributed by atoms with Gasteiger partial charge in [-0.1, -0.05) is 24.3 Å². The second-order valence-corrected chi connectivity index (χ2v) is 7.38. The summed E-state index contributed by atoms with van der Waals surface area (Å²) in [6.45, 7) is 7.17. The van der Waals surface area contributed by atoms with E-state index < -0.39 is 11.2 Å². The van der Waals surface area contributed by atoms with E-state index in [1.807, 2.05) is 48.5 Å². The summed E-state index contributed by atoms with van der Waals surface area (Å²) in [4.78, 5) is 0. The lowest BCUT2D eigenvalue weighted by Crippen LogP contribution is -2.21. The van der Waals surface area contributed by atoms with Crippen LogP contribution in [-0.4, -0.2) is 21.4 Å². The topological polar surface area (TPSA) is 49.7 Å². The van der Waals surface area contributed by atoms with Crippen molar-refractivity contribution in [3.8, 4) is 11.5 Å². The van der Waals surface area contributed by atoms with E-state index >= 15 is 0 Å². The van der Waals surface area contributed by atoms with Crippen molar-refractivity contribution in [2.24, 2.45) is 0 Å². The molecule has 0 aliphatic rings. The fourth-order valence-corrected chi connectivity index (χ4v) is 2.57. The van der Waals surface area contributed by atoms with Gasteiger partial charge in [-0.15, -0.1) is 0 Å². The first-order chi connectivity index (χ1) is 10.6. The van der Waals surface area contributed by atoms with Gasteiger partial charge in [0.15, 0.2) is 0 Å². The third-order valence-electron chi connectivity index (χ3n) is 3.31. The maximum absolute atomic E-state index is 9.93. The first kappa shape index (κ1) is 17.5. The van der Waals surface area contributed by atoms with Crippen molar-refractivity contribution < 1.29 is 14.9 Å². The molecule has 0 radical (unpaired) electrons. The van der Waals surface area contributed by atoms with E-state index in [0.29, 0.717) is 12.8 Å². The summed E-state index contributed by atoms with van der Waals surface area (Å²) in [6, 6.07) is 15.5. The first-order valence-corrected chi connectivity index (χ1v) is 7.91. The smallest absolute Gasteiger partial charge is 0.127 e. The molecule has 2 rings (SSSR count). The van der Waals surface area contributed by atoms with Gasteiger partial charge in [0.25, 0.3) is 0 Å². The van der Waals surface area contributed by atoms with Gasteiger partial charge in [-0.05, 0) is 63.1 Å². The van der Waals surface area contributed by atoms with Crippen molar-refractivity contribution in [2.75, 3.05) is 0 Å². The molecule has 0 bridgehead atoms. The maximum Gasteiger partial charge on any atom is 0.127 e. The Morgan fingerprint density at radius 2 is 1.13 bits per heavy atom. The van der Waals surface area contributed by atoms with Crippen LogP contribution in [0.2, 0.25) is 0 Å². The van der Waals surface area contributed by atoms with Gasteiger partial charge in [-0.2, -0.15) is 0 Å². The molecule has 0 amide bonds. The van der Waals surface area contributed by atoms with Gasteiger partial charge in [0, 0.05) is 12.8 Å². The minimum atomic E-state index is -0.745. The number of hydrogen-bond acceptors (Lipinski definition) is 3.